The molecule has 9 heteroatoms. The molecule has 3 fully saturated rings. The van der Waals surface area contributed by atoms with E-state index >= 15 is 0 Å². The molecular weight excluding hydrogens is 400 g/mol. The van der Waals surface area contributed by atoms with Crippen molar-refractivity contribution in [3.8, 4) is 0 Å². The molecule has 0 bridgehead atoms. The molecule has 0 amide bonds. The van der Waals surface area contributed by atoms with Crippen LogP contribution in [0.3, 0.4) is 0 Å². The molecule has 3 aliphatic rings. The second-order valence-electron chi connectivity index (χ2n) is 8.54. The number of nitrogens with zero attached hydrogens (tertiary/aromatic N) is 3. The summed E-state index contributed by atoms with van der Waals surface area (Å²) in [5, 5.41) is 0. The maximum atomic E-state index is 14.0. The third-order valence-electron chi connectivity index (χ3n) is 6.54. The van der Waals surface area contributed by atoms with Gasteiger partial charge in [0.1, 0.15) is 16.5 Å². The SMILES string of the molecule is CN1CCN(CC2CCC3(CCN(S(=O)(=O)c4ccc(F)cc4F)CC3)O2)CC1. The molecule has 1 aromatic rings. The van der Waals surface area contributed by atoms with Gasteiger partial charge in [-0.25, -0.2) is 17.2 Å². The van der Waals surface area contributed by atoms with Crippen molar-refractivity contribution in [1.82, 2.24) is 14.1 Å². The van der Waals surface area contributed by atoms with Crippen molar-refractivity contribution in [2.24, 2.45) is 0 Å². The van der Waals surface area contributed by atoms with Crippen molar-refractivity contribution in [2.45, 2.75) is 42.3 Å². The molecule has 0 N–H and O–H groups in total. The molecule has 1 unspecified atom stereocenters. The molecular formula is C20H29F2N3O3S. The molecule has 1 spiro atoms. The lowest BCUT2D eigenvalue weighted by atomic mass is 9.89. The first-order valence-electron chi connectivity index (χ1n) is 10.3. The number of benzene rings is 1. The van der Waals surface area contributed by atoms with Crippen molar-refractivity contribution in [3.63, 3.8) is 0 Å². The molecule has 3 saturated heterocycles. The number of hydrogen-bond donors (Lipinski definition) is 0. The van der Waals surface area contributed by atoms with Crippen LogP contribution < -0.4 is 0 Å². The zero-order valence-electron chi connectivity index (χ0n) is 16.8. The average Bonchev–Trinajstić information content (AvgIpc) is 3.05. The third kappa shape index (κ3) is 4.49. The average molecular weight is 430 g/mol. The Kier molecular flexibility index (Phi) is 5.96. The van der Waals surface area contributed by atoms with Gasteiger partial charge in [-0.2, -0.15) is 4.31 Å². The fourth-order valence-electron chi connectivity index (χ4n) is 4.67. The van der Waals surface area contributed by atoms with Gasteiger partial charge in [-0.3, -0.25) is 4.90 Å². The number of halogens is 2. The Morgan fingerprint density at radius 1 is 1.07 bits per heavy atom. The largest absolute Gasteiger partial charge is 0.370 e. The number of likely N-dealkylation sites (N-methyl/N-ethyl adjacent to an activating group) is 1. The van der Waals surface area contributed by atoms with Crippen LogP contribution in [-0.2, 0) is 14.8 Å². The summed E-state index contributed by atoms with van der Waals surface area (Å²) in [7, 11) is -1.84. The Morgan fingerprint density at radius 3 is 2.41 bits per heavy atom. The van der Waals surface area contributed by atoms with E-state index in [1.165, 1.54) is 4.31 Å². The predicted molar refractivity (Wildman–Crippen MR) is 105 cm³/mol. The highest BCUT2D eigenvalue weighted by Crippen LogP contribution is 2.40. The summed E-state index contributed by atoms with van der Waals surface area (Å²) in [6, 6.07) is 2.59. The van der Waals surface area contributed by atoms with Gasteiger partial charge in [-0.1, -0.05) is 0 Å². The van der Waals surface area contributed by atoms with E-state index in [1.807, 2.05) is 0 Å². The molecule has 6 nitrogen and oxygen atoms in total. The number of ether oxygens (including phenoxy) is 1. The zero-order valence-corrected chi connectivity index (χ0v) is 17.6. The first-order valence-corrected chi connectivity index (χ1v) is 11.8. The predicted octanol–water partition coefficient (Wildman–Crippen LogP) is 1.91. The standard InChI is InChI=1S/C20H29F2N3O3S/c1-23-10-12-24(13-11-23)15-17-4-5-20(28-17)6-8-25(9-7-20)29(26,27)19-3-2-16(21)14-18(19)22/h2-3,14,17H,4-13,15H2,1H3. The summed E-state index contributed by atoms with van der Waals surface area (Å²) >= 11 is 0. The summed E-state index contributed by atoms with van der Waals surface area (Å²) in [5.74, 6) is -1.83. The van der Waals surface area contributed by atoms with Gasteiger partial charge in [0.2, 0.25) is 10.0 Å². The van der Waals surface area contributed by atoms with E-state index in [2.05, 4.69) is 16.8 Å². The summed E-state index contributed by atoms with van der Waals surface area (Å²) in [6.45, 7) is 5.77. The van der Waals surface area contributed by atoms with Gasteiger partial charge in [-0.15, -0.1) is 0 Å². The number of piperidine rings is 1. The van der Waals surface area contributed by atoms with Gasteiger partial charge >= 0.3 is 0 Å². The van der Waals surface area contributed by atoms with Gasteiger partial charge < -0.3 is 9.64 Å². The monoisotopic (exact) mass is 429 g/mol. The summed E-state index contributed by atoms with van der Waals surface area (Å²) in [4.78, 5) is 4.31. The van der Waals surface area contributed by atoms with Crippen molar-refractivity contribution < 1.29 is 21.9 Å². The van der Waals surface area contributed by atoms with Crippen LogP contribution in [0.5, 0.6) is 0 Å². The van der Waals surface area contributed by atoms with Gasteiger partial charge in [0.25, 0.3) is 0 Å². The summed E-state index contributed by atoms with van der Waals surface area (Å²) in [6.07, 6.45) is 3.33. The number of piperazine rings is 1. The van der Waals surface area contributed by atoms with Crippen molar-refractivity contribution in [2.75, 3.05) is 52.9 Å². The highest BCUT2D eigenvalue weighted by molar-refractivity contribution is 7.89. The maximum absolute atomic E-state index is 14.0. The van der Waals surface area contributed by atoms with E-state index in [9.17, 15) is 17.2 Å². The molecule has 3 heterocycles. The van der Waals surface area contributed by atoms with E-state index in [-0.39, 0.29) is 11.7 Å². The first kappa shape index (κ1) is 21.1. The number of sulfonamides is 1. The summed E-state index contributed by atoms with van der Waals surface area (Å²) < 4.78 is 60.4. The molecule has 162 valence electrons. The van der Waals surface area contributed by atoms with Crippen LogP contribution in [0.4, 0.5) is 8.78 Å². The topological polar surface area (TPSA) is 53.1 Å². The highest BCUT2D eigenvalue weighted by Gasteiger charge is 2.45. The maximum Gasteiger partial charge on any atom is 0.245 e. The normalized spacial score (nSPS) is 26.9. The molecule has 0 aromatic heterocycles. The molecule has 1 atom stereocenters. The van der Waals surface area contributed by atoms with Gasteiger partial charge in [0, 0.05) is 51.9 Å². The Balaban J connectivity index is 1.34. The Hall–Kier alpha value is -1.13. The molecule has 4 rings (SSSR count). The van der Waals surface area contributed by atoms with E-state index in [0.717, 1.165) is 57.7 Å². The lowest BCUT2D eigenvalue weighted by Crippen LogP contribution is -2.49. The minimum Gasteiger partial charge on any atom is -0.370 e. The quantitative estimate of drug-likeness (QED) is 0.732. The Labute approximate surface area is 171 Å². The Bertz CT molecular complexity index is 835. The van der Waals surface area contributed by atoms with Crippen molar-refractivity contribution >= 4 is 10.0 Å². The molecule has 0 aliphatic carbocycles. The second-order valence-corrected chi connectivity index (χ2v) is 10.5. The van der Waals surface area contributed by atoms with Gasteiger partial charge in [0.15, 0.2) is 0 Å². The van der Waals surface area contributed by atoms with Crippen LogP contribution in [-0.4, -0.2) is 87.1 Å². The highest BCUT2D eigenvalue weighted by atomic mass is 32.2. The molecule has 0 saturated carbocycles. The Morgan fingerprint density at radius 2 is 1.76 bits per heavy atom. The lowest BCUT2D eigenvalue weighted by Gasteiger charge is -2.39. The zero-order chi connectivity index (χ0) is 20.6. The minimum atomic E-state index is -3.97. The number of rotatable bonds is 4. The smallest absolute Gasteiger partial charge is 0.245 e. The first-order chi connectivity index (χ1) is 13.8. The van der Waals surface area contributed by atoms with Gasteiger partial charge in [0.05, 0.1) is 11.7 Å². The van der Waals surface area contributed by atoms with Crippen LogP contribution in [0.15, 0.2) is 23.1 Å². The fraction of sp³-hybridized carbons (Fsp3) is 0.700. The van der Waals surface area contributed by atoms with Crippen LogP contribution in [0.25, 0.3) is 0 Å². The molecule has 3 aliphatic heterocycles. The van der Waals surface area contributed by atoms with Crippen LogP contribution in [0.2, 0.25) is 0 Å². The van der Waals surface area contributed by atoms with Crippen LogP contribution in [0.1, 0.15) is 25.7 Å². The molecule has 29 heavy (non-hydrogen) atoms. The van der Waals surface area contributed by atoms with Crippen LogP contribution in [0, 0.1) is 11.6 Å². The van der Waals surface area contributed by atoms with E-state index < -0.39 is 26.6 Å². The molecule has 1 aromatic carbocycles. The van der Waals surface area contributed by atoms with Crippen molar-refractivity contribution in [3.05, 3.63) is 29.8 Å². The second kappa shape index (κ2) is 8.19. The lowest BCUT2D eigenvalue weighted by molar-refractivity contribution is -0.0777. The molecule has 0 radical (unpaired) electrons. The minimum absolute atomic E-state index is 0.191. The van der Waals surface area contributed by atoms with Crippen LogP contribution >= 0.6 is 0 Å². The van der Waals surface area contributed by atoms with E-state index in [0.29, 0.717) is 32.0 Å². The fourth-order valence-corrected chi connectivity index (χ4v) is 6.15. The van der Waals surface area contributed by atoms with Crippen molar-refractivity contribution in [1.29, 1.82) is 0 Å². The third-order valence-corrected chi connectivity index (χ3v) is 8.47. The van der Waals surface area contributed by atoms with E-state index in [4.69, 9.17) is 4.74 Å². The number of hydrogen-bond acceptors (Lipinski definition) is 5. The van der Waals surface area contributed by atoms with E-state index in [1.54, 1.807) is 0 Å². The summed E-state index contributed by atoms with van der Waals surface area (Å²) in [5.41, 5.74) is -0.273. The van der Waals surface area contributed by atoms with Gasteiger partial charge in [-0.05, 0) is 44.9 Å².